The van der Waals surface area contributed by atoms with Gasteiger partial charge in [0.05, 0.1) is 10.7 Å². The van der Waals surface area contributed by atoms with E-state index in [1.54, 1.807) is 6.20 Å². The molecule has 0 aromatic carbocycles. The third kappa shape index (κ3) is 5.63. The fraction of sp³-hybridized carbons (Fsp3) is 0.714. The molecule has 0 saturated carbocycles. The van der Waals surface area contributed by atoms with Gasteiger partial charge in [-0.3, -0.25) is 9.48 Å². The summed E-state index contributed by atoms with van der Waals surface area (Å²) in [6.45, 7) is 10.9. The topological polar surface area (TPSA) is 50.2 Å². The third-order valence-corrected chi connectivity index (χ3v) is 4.24. The molecule has 0 bridgehead atoms. The highest BCUT2D eigenvalue weighted by Crippen LogP contribution is 2.14. The molecule has 6 heteroatoms. The van der Waals surface area contributed by atoms with Crippen molar-refractivity contribution in [1.82, 2.24) is 20.0 Å². The summed E-state index contributed by atoms with van der Waals surface area (Å²) >= 11 is 3.41. The average Bonchev–Trinajstić information content (AvgIpc) is 2.77. The number of aryl methyl sites for hydroxylation is 1. The zero-order chi connectivity index (χ0) is 15.0. The largest absolute Gasteiger partial charge is 0.356 e. The molecule has 0 aliphatic rings. The number of rotatable bonds is 9. The lowest BCUT2D eigenvalue weighted by Crippen LogP contribution is -2.30. The van der Waals surface area contributed by atoms with Gasteiger partial charge in [-0.1, -0.05) is 13.8 Å². The van der Waals surface area contributed by atoms with Crippen molar-refractivity contribution in [2.75, 3.05) is 26.2 Å². The van der Waals surface area contributed by atoms with Crippen molar-refractivity contribution in [3.8, 4) is 0 Å². The quantitative estimate of drug-likeness (QED) is 0.698. The number of carbonyl (C=O) groups is 1. The van der Waals surface area contributed by atoms with Crippen LogP contribution in [0.2, 0.25) is 0 Å². The van der Waals surface area contributed by atoms with Crippen LogP contribution < -0.4 is 5.32 Å². The van der Waals surface area contributed by atoms with Gasteiger partial charge in [0.15, 0.2) is 0 Å². The van der Waals surface area contributed by atoms with Crippen LogP contribution in [0.15, 0.2) is 10.7 Å². The first-order chi connectivity index (χ1) is 9.58. The standard InChI is InChI=1S/C14H25BrN4O/c1-4-18(5-2)9-6-8-16-14(20)7-10-19-12(3)13(15)11-17-19/h11H,4-10H2,1-3H3,(H,16,20). The molecule has 1 N–H and O–H groups in total. The summed E-state index contributed by atoms with van der Waals surface area (Å²) in [5, 5.41) is 7.18. The van der Waals surface area contributed by atoms with Crippen molar-refractivity contribution in [3.63, 3.8) is 0 Å². The molecule has 0 aliphatic carbocycles. The van der Waals surface area contributed by atoms with Crippen LogP contribution in [-0.4, -0.2) is 46.8 Å². The van der Waals surface area contributed by atoms with E-state index < -0.39 is 0 Å². The Kier molecular flexibility index (Phi) is 7.84. The van der Waals surface area contributed by atoms with Crippen LogP contribution in [0.3, 0.4) is 0 Å². The number of amides is 1. The van der Waals surface area contributed by atoms with Gasteiger partial charge in [0.25, 0.3) is 0 Å². The smallest absolute Gasteiger partial charge is 0.221 e. The molecule has 0 aliphatic heterocycles. The molecule has 1 heterocycles. The normalized spacial score (nSPS) is 11.1. The summed E-state index contributed by atoms with van der Waals surface area (Å²) < 4.78 is 2.83. The highest BCUT2D eigenvalue weighted by atomic mass is 79.9. The Morgan fingerprint density at radius 1 is 1.45 bits per heavy atom. The molecule has 0 radical (unpaired) electrons. The lowest BCUT2D eigenvalue weighted by Gasteiger charge is -2.17. The van der Waals surface area contributed by atoms with Crippen LogP contribution in [0.5, 0.6) is 0 Å². The Morgan fingerprint density at radius 2 is 2.15 bits per heavy atom. The van der Waals surface area contributed by atoms with Gasteiger partial charge in [-0.2, -0.15) is 5.10 Å². The Labute approximate surface area is 129 Å². The van der Waals surface area contributed by atoms with E-state index >= 15 is 0 Å². The second-order valence-corrected chi connectivity index (χ2v) is 5.64. The van der Waals surface area contributed by atoms with E-state index in [9.17, 15) is 4.79 Å². The monoisotopic (exact) mass is 344 g/mol. The molecule has 1 aromatic rings. The van der Waals surface area contributed by atoms with Gasteiger partial charge >= 0.3 is 0 Å². The van der Waals surface area contributed by atoms with E-state index in [0.29, 0.717) is 13.0 Å². The molecule has 114 valence electrons. The third-order valence-electron chi connectivity index (χ3n) is 3.46. The summed E-state index contributed by atoms with van der Waals surface area (Å²) in [5.74, 6) is 0.0931. The van der Waals surface area contributed by atoms with E-state index in [4.69, 9.17) is 0 Å². The molecule has 20 heavy (non-hydrogen) atoms. The van der Waals surface area contributed by atoms with Gasteiger partial charge in [-0.15, -0.1) is 0 Å². The zero-order valence-corrected chi connectivity index (χ0v) is 14.2. The fourth-order valence-corrected chi connectivity index (χ4v) is 2.31. The van der Waals surface area contributed by atoms with Crippen LogP contribution in [0.4, 0.5) is 0 Å². The minimum absolute atomic E-state index is 0.0931. The molecule has 1 amide bonds. The predicted octanol–water partition coefficient (Wildman–Crippen LogP) is 2.19. The van der Waals surface area contributed by atoms with Gasteiger partial charge in [0.2, 0.25) is 5.91 Å². The molecule has 0 spiro atoms. The minimum atomic E-state index is 0.0931. The first-order valence-electron chi connectivity index (χ1n) is 7.25. The van der Waals surface area contributed by atoms with Crippen LogP contribution in [0, 0.1) is 6.92 Å². The SMILES string of the molecule is CCN(CC)CCCNC(=O)CCn1ncc(Br)c1C. The van der Waals surface area contributed by atoms with Crippen molar-refractivity contribution in [2.45, 2.75) is 40.2 Å². The summed E-state index contributed by atoms with van der Waals surface area (Å²) in [6.07, 6.45) is 3.23. The van der Waals surface area contributed by atoms with E-state index in [0.717, 1.165) is 42.8 Å². The predicted molar refractivity (Wildman–Crippen MR) is 84.7 cm³/mol. The van der Waals surface area contributed by atoms with Gasteiger partial charge in [-0.05, 0) is 48.9 Å². The highest BCUT2D eigenvalue weighted by Gasteiger charge is 2.06. The van der Waals surface area contributed by atoms with Crippen molar-refractivity contribution in [2.24, 2.45) is 0 Å². The van der Waals surface area contributed by atoms with Crippen LogP contribution in [0.1, 0.15) is 32.4 Å². The fourth-order valence-electron chi connectivity index (χ4n) is 2.02. The lowest BCUT2D eigenvalue weighted by atomic mass is 10.3. The van der Waals surface area contributed by atoms with Gasteiger partial charge in [-0.25, -0.2) is 0 Å². The zero-order valence-electron chi connectivity index (χ0n) is 12.7. The maximum atomic E-state index is 11.7. The second kappa shape index (κ2) is 9.13. The first kappa shape index (κ1) is 17.2. The highest BCUT2D eigenvalue weighted by molar-refractivity contribution is 9.10. The molecular formula is C14H25BrN4O. The number of aromatic nitrogens is 2. The maximum Gasteiger partial charge on any atom is 0.221 e. The number of carbonyl (C=O) groups excluding carboxylic acids is 1. The van der Waals surface area contributed by atoms with Gasteiger partial charge in [0.1, 0.15) is 0 Å². The van der Waals surface area contributed by atoms with Crippen LogP contribution in [0.25, 0.3) is 0 Å². The number of hydrogen-bond donors (Lipinski definition) is 1. The number of nitrogens with zero attached hydrogens (tertiary/aromatic N) is 3. The maximum absolute atomic E-state index is 11.7. The molecule has 0 saturated heterocycles. The number of halogens is 1. The molecule has 0 atom stereocenters. The Morgan fingerprint density at radius 3 is 2.70 bits per heavy atom. The molecule has 0 unspecified atom stereocenters. The minimum Gasteiger partial charge on any atom is -0.356 e. The number of hydrogen-bond acceptors (Lipinski definition) is 3. The Hall–Kier alpha value is -0.880. The van der Waals surface area contributed by atoms with E-state index in [2.05, 4.69) is 45.1 Å². The first-order valence-corrected chi connectivity index (χ1v) is 8.04. The molecule has 0 fully saturated rings. The molecule has 1 aromatic heterocycles. The average molecular weight is 345 g/mol. The summed E-state index contributed by atoms with van der Waals surface area (Å²) in [6, 6.07) is 0. The molecular weight excluding hydrogens is 320 g/mol. The van der Waals surface area contributed by atoms with Crippen molar-refractivity contribution < 1.29 is 4.79 Å². The van der Waals surface area contributed by atoms with Crippen molar-refractivity contribution in [1.29, 1.82) is 0 Å². The summed E-state index contributed by atoms with van der Waals surface area (Å²) in [4.78, 5) is 14.1. The molecule has 1 rings (SSSR count). The van der Waals surface area contributed by atoms with E-state index in [1.165, 1.54) is 0 Å². The second-order valence-electron chi connectivity index (χ2n) is 4.78. The van der Waals surface area contributed by atoms with E-state index in [1.807, 2.05) is 11.6 Å². The summed E-state index contributed by atoms with van der Waals surface area (Å²) in [5.41, 5.74) is 1.05. The van der Waals surface area contributed by atoms with Crippen LogP contribution in [-0.2, 0) is 11.3 Å². The lowest BCUT2D eigenvalue weighted by molar-refractivity contribution is -0.121. The Balaban J connectivity index is 2.16. The van der Waals surface area contributed by atoms with E-state index in [-0.39, 0.29) is 5.91 Å². The Bertz CT molecular complexity index is 415. The van der Waals surface area contributed by atoms with Crippen molar-refractivity contribution >= 4 is 21.8 Å². The number of nitrogens with one attached hydrogen (secondary N) is 1. The van der Waals surface area contributed by atoms with Crippen LogP contribution >= 0.6 is 15.9 Å². The van der Waals surface area contributed by atoms with Crippen molar-refractivity contribution in [3.05, 3.63) is 16.4 Å². The van der Waals surface area contributed by atoms with Gasteiger partial charge < -0.3 is 10.2 Å². The summed E-state index contributed by atoms with van der Waals surface area (Å²) in [7, 11) is 0. The molecule has 5 nitrogen and oxygen atoms in total. The van der Waals surface area contributed by atoms with Gasteiger partial charge in [0, 0.05) is 25.2 Å².